The molecule has 136 valence electrons. The van der Waals surface area contributed by atoms with E-state index in [9.17, 15) is 0 Å². The van der Waals surface area contributed by atoms with Gasteiger partial charge < -0.3 is 9.64 Å². The molecular formula is C21H20N4OS. The molecule has 4 rings (SSSR count). The van der Waals surface area contributed by atoms with Crippen LogP contribution < -0.4 is 9.64 Å². The number of thiophene rings is 1. The van der Waals surface area contributed by atoms with Crippen LogP contribution in [0, 0.1) is 0 Å². The van der Waals surface area contributed by atoms with Crippen LogP contribution in [0.15, 0.2) is 60.4 Å². The zero-order chi connectivity index (χ0) is 18.8. The van der Waals surface area contributed by atoms with Crippen molar-refractivity contribution in [1.82, 2.24) is 15.0 Å². The predicted molar refractivity (Wildman–Crippen MR) is 110 cm³/mol. The number of aromatic nitrogens is 3. The van der Waals surface area contributed by atoms with Crippen LogP contribution in [0.3, 0.4) is 0 Å². The van der Waals surface area contributed by atoms with Crippen molar-refractivity contribution in [3.8, 4) is 16.9 Å². The number of benzene rings is 1. The van der Waals surface area contributed by atoms with Gasteiger partial charge in [-0.2, -0.15) is 0 Å². The van der Waals surface area contributed by atoms with Gasteiger partial charge in [0.2, 0.25) is 0 Å². The Balaban J connectivity index is 1.80. The summed E-state index contributed by atoms with van der Waals surface area (Å²) < 4.78 is 5.28. The third kappa shape index (κ3) is 3.24. The second-order valence-corrected chi connectivity index (χ2v) is 7.15. The number of fused-ring (bicyclic) bond motifs is 1. The number of methoxy groups -OCH3 is 1. The number of nitrogens with zero attached hydrogens (tertiary/aromatic N) is 4. The minimum absolute atomic E-state index is 0.0907. The summed E-state index contributed by atoms with van der Waals surface area (Å²) >= 11 is 1.63. The Morgan fingerprint density at radius 2 is 1.85 bits per heavy atom. The Labute approximate surface area is 162 Å². The highest BCUT2D eigenvalue weighted by Crippen LogP contribution is 2.39. The average molecular weight is 376 g/mol. The van der Waals surface area contributed by atoms with Crippen molar-refractivity contribution >= 4 is 27.4 Å². The molecule has 0 saturated carbocycles. The molecule has 0 N–H and O–H groups in total. The lowest BCUT2D eigenvalue weighted by Gasteiger charge is -2.26. The van der Waals surface area contributed by atoms with Crippen LogP contribution in [0.2, 0.25) is 0 Å². The van der Waals surface area contributed by atoms with Crippen molar-refractivity contribution in [2.75, 3.05) is 19.1 Å². The van der Waals surface area contributed by atoms with Gasteiger partial charge in [0, 0.05) is 24.2 Å². The van der Waals surface area contributed by atoms with E-state index in [1.165, 1.54) is 0 Å². The number of ether oxygens (including phenoxy) is 1. The van der Waals surface area contributed by atoms with Gasteiger partial charge in [-0.1, -0.05) is 18.2 Å². The maximum Gasteiger partial charge on any atom is 0.141 e. The topological polar surface area (TPSA) is 51.1 Å². The Kier molecular flexibility index (Phi) is 4.73. The Morgan fingerprint density at radius 3 is 2.56 bits per heavy atom. The largest absolute Gasteiger partial charge is 0.497 e. The fourth-order valence-corrected chi connectivity index (χ4v) is 4.03. The third-order valence-corrected chi connectivity index (χ3v) is 5.67. The van der Waals surface area contributed by atoms with E-state index in [-0.39, 0.29) is 6.04 Å². The lowest BCUT2D eigenvalue weighted by molar-refractivity contribution is 0.415. The minimum atomic E-state index is 0.0907. The van der Waals surface area contributed by atoms with Gasteiger partial charge in [-0.15, -0.1) is 11.3 Å². The first-order valence-corrected chi connectivity index (χ1v) is 9.57. The molecule has 3 aromatic heterocycles. The van der Waals surface area contributed by atoms with Crippen LogP contribution in [0.5, 0.6) is 5.75 Å². The summed E-state index contributed by atoms with van der Waals surface area (Å²) in [6.45, 7) is 2.13. The van der Waals surface area contributed by atoms with Crippen LogP contribution in [-0.2, 0) is 0 Å². The van der Waals surface area contributed by atoms with Crippen LogP contribution in [0.25, 0.3) is 21.3 Å². The fraction of sp³-hybridized carbons (Fsp3) is 0.190. The average Bonchev–Trinajstić information content (AvgIpc) is 3.17. The maximum absolute atomic E-state index is 5.28. The molecule has 0 spiro atoms. The molecule has 6 heteroatoms. The summed E-state index contributed by atoms with van der Waals surface area (Å²) in [5, 5.41) is 3.21. The molecule has 1 unspecified atom stereocenters. The summed E-state index contributed by atoms with van der Waals surface area (Å²) in [6, 6.07) is 14.2. The van der Waals surface area contributed by atoms with Gasteiger partial charge in [-0.25, -0.2) is 9.97 Å². The molecule has 0 amide bonds. The molecule has 0 radical (unpaired) electrons. The van der Waals surface area contributed by atoms with Gasteiger partial charge in [0.05, 0.1) is 24.2 Å². The molecule has 0 aliphatic heterocycles. The van der Waals surface area contributed by atoms with Crippen molar-refractivity contribution in [3.05, 3.63) is 66.1 Å². The molecule has 5 nitrogen and oxygen atoms in total. The highest BCUT2D eigenvalue weighted by Gasteiger charge is 2.20. The number of pyridine rings is 1. The van der Waals surface area contributed by atoms with E-state index in [0.29, 0.717) is 0 Å². The summed E-state index contributed by atoms with van der Waals surface area (Å²) in [5.41, 5.74) is 3.26. The SMILES string of the molecule is COc1ccc(-c2csc3ncnc(N(C)C(C)c4ccccn4)c23)cc1. The second-order valence-electron chi connectivity index (χ2n) is 6.30. The van der Waals surface area contributed by atoms with Gasteiger partial charge in [0.25, 0.3) is 0 Å². The zero-order valence-corrected chi connectivity index (χ0v) is 16.3. The normalized spacial score (nSPS) is 12.1. The summed E-state index contributed by atoms with van der Waals surface area (Å²) in [5.74, 6) is 1.75. The first-order chi connectivity index (χ1) is 13.2. The van der Waals surface area contributed by atoms with E-state index < -0.39 is 0 Å². The van der Waals surface area contributed by atoms with Crippen LogP contribution in [0.4, 0.5) is 5.82 Å². The number of hydrogen-bond acceptors (Lipinski definition) is 6. The predicted octanol–water partition coefficient (Wildman–Crippen LogP) is 4.96. The standard InChI is InChI=1S/C21H20N4OS/c1-14(18-6-4-5-11-22-18)25(2)20-19-17(12-27-21(19)24-13-23-20)15-7-9-16(26-3)10-8-15/h4-14H,1-3H3. The van der Waals surface area contributed by atoms with Gasteiger partial charge >= 0.3 is 0 Å². The molecule has 0 aliphatic rings. The van der Waals surface area contributed by atoms with E-state index in [4.69, 9.17) is 4.74 Å². The monoisotopic (exact) mass is 376 g/mol. The van der Waals surface area contributed by atoms with E-state index >= 15 is 0 Å². The van der Waals surface area contributed by atoms with Crippen molar-refractivity contribution < 1.29 is 4.74 Å². The van der Waals surface area contributed by atoms with Crippen molar-refractivity contribution in [1.29, 1.82) is 0 Å². The molecule has 27 heavy (non-hydrogen) atoms. The molecule has 0 bridgehead atoms. The second kappa shape index (κ2) is 7.32. The van der Waals surface area contributed by atoms with E-state index in [2.05, 4.69) is 51.3 Å². The number of rotatable bonds is 5. The van der Waals surface area contributed by atoms with E-state index in [1.807, 2.05) is 36.5 Å². The smallest absolute Gasteiger partial charge is 0.141 e. The molecule has 3 heterocycles. The number of hydrogen-bond donors (Lipinski definition) is 0. The van der Waals surface area contributed by atoms with Crippen molar-refractivity contribution in [3.63, 3.8) is 0 Å². The van der Waals surface area contributed by atoms with Crippen molar-refractivity contribution in [2.24, 2.45) is 0 Å². The summed E-state index contributed by atoms with van der Waals surface area (Å²) in [6.07, 6.45) is 3.45. The van der Waals surface area contributed by atoms with Gasteiger partial charge in [0.1, 0.15) is 22.7 Å². The fourth-order valence-electron chi connectivity index (χ4n) is 3.11. The van der Waals surface area contributed by atoms with Gasteiger partial charge in [-0.3, -0.25) is 4.98 Å². The molecule has 1 atom stereocenters. The molecule has 0 aliphatic carbocycles. The Bertz CT molecular complexity index is 1050. The van der Waals surface area contributed by atoms with Crippen molar-refractivity contribution in [2.45, 2.75) is 13.0 Å². The maximum atomic E-state index is 5.28. The first-order valence-electron chi connectivity index (χ1n) is 8.69. The van der Waals surface area contributed by atoms with Crippen LogP contribution in [-0.4, -0.2) is 29.1 Å². The van der Waals surface area contributed by atoms with Gasteiger partial charge in [-0.05, 0) is 36.8 Å². The molecular weight excluding hydrogens is 356 g/mol. The minimum Gasteiger partial charge on any atom is -0.497 e. The van der Waals surface area contributed by atoms with Crippen LogP contribution >= 0.6 is 11.3 Å². The Morgan fingerprint density at radius 1 is 1.04 bits per heavy atom. The molecule has 4 aromatic rings. The first kappa shape index (κ1) is 17.4. The highest BCUT2D eigenvalue weighted by atomic mass is 32.1. The molecule has 1 aromatic carbocycles. The summed E-state index contributed by atoms with van der Waals surface area (Å²) in [4.78, 5) is 16.7. The quantitative estimate of drug-likeness (QED) is 0.493. The lowest BCUT2D eigenvalue weighted by atomic mass is 10.1. The van der Waals surface area contributed by atoms with Gasteiger partial charge in [0.15, 0.2) is 0 Å². The van der Waals surface area contributed by atoms with E-state index in [0.717, 1.165) is 38.6 Å². The van der Waals surface area contributed by atoms with E-state index in [1.54, 1.807) is 24.8 Å². The number of anilines is 1. The molecule has 0 fully saturated rings. The Hall–Kier alpha value is -2.99. The third-order valence-electron chi connectivity index (χ3n) is 4.78. The van der Waals surface area contributed by atoms with Crippen LogP contribution in [0.1, 0.15) is 18.7 Å². The lowest BCUT2D eigenvalue weighted by Crippen LogP contribution is -2.23. The molecule has 0 saturated heterocycles. The zero-order valence-electron chi connectivity index (χ0n) is 15.5. The summed E-state index contributed by atoms with van der Waals surface area (Å²) in [7, 11) is 3.73. The highest BCUT2D eigenvalue weighted by molar-refractivity contribution is 7.17.